The second-order valence-electron chi connectivity index (χ2n) is 5.84. The maximum atomic E-state index is 12.3. The molecule has 1 heterocycles. The molecule has 9 heteroatoms. The van der Waals surface area contributed by atoms with E-state index >= 15 is 0 Å². The molecule has 2 N–H and O–H groups in total. The lowest BCUT2D eigenvalue weighted by Crippen LogP contribution is -2.28. The molecule has 24 heavy (non-hydrogen) atoms. The van der Waals surface area contributed by atoms with E-state index in [9.17, 15) is 13.2 Å². The Hall–Kier alpha value is -2.26. The first kappa shape index (κ1) is 16.6. The highest BCUT2D eigenvalue weighted by molar-refractivity contribution is 7.89. The zero-order chi connectivity index (χ0) is 17.3. The van der Waals surface area contributed by atoms with Crippen LogP contribution in [0.15, 0.2) is 29.4 Å². The fourth-order valence-electron chi connectivity index (χ4n) is 2.48. The van der Waals surface area contributed by atoms with Crippen molar-refractivity contribution in [3.05, 3.63) is 41.5 Å². The fourth-order valence-corrected chi connectivity index (χ4v) is 3.52. The Bertz CT molecular complexity index is 871. The average molecular weight is 350 g/mol. The van der Waals surface area contributed by atoms with Gasteiger partial charge in [0.2, 0.25) is 10.0 Å². The van der Waals surface area contributed by atoms with Crippen LogP contribution in [0, 0.1) is 6.92 Å². The summed E-state index contributed by atoms with van der Waals surface area (Å²) in [6.45, 7) is 2.23. The summed E-state index contributed by atoms with van der Waals surface area (Å²) in [4.78, 5) is 11.1. The highest BCUT2D eigenvalue weighted by Gasteiger charge is 2.28. The van der Waals surface area contributed by atoms with E-state index < -0.39 is 16.0 Å². The van der Waals surface area contributed by atoms with E-state index in [4.69, 9.17) is 5.11 Å². The quantitative estimate of drug-likeness (QED) is 0.774. The van der Waals surface area contributed by atoms with Crippen molar-refractivity contribution in [2.45, 2.75) is 37.1 Å². The van der Waals surface area contributed by atoms with Crippen LogP contribution in [0.5, 0.6) is 0 Å². The van der Waals surface area contributed by atoms with Crippen LogP contribution in [0.4, 0.5) is 0 Å². The summed E-state index contributed by atoms with van der Waals surface area (Å²) in [5.41, 5.74) is 0.493. The normalized spacial score (nSPS) is 14.7. The number of aromatic nitrogens is 3. The molecule has 0 amide bonds. The topological polar surface area (TPSA) is 114 Å². The van der Waals surface area contributed by atoms with Crippen molar-refractivity contribution >= 4 is 16.0 Å². The monoisotopic (exact) mass is 350 g/mol. The van der Waals surface area contributed by atoms with Crippen LogP contribution >= 0.6 is 0 Å². The zero-order valence-electron chi connectivity index (χ0n) is 13.1. The molecule has 0 saturated heterocycles. The van der Waals surface area contributed by atoms with Crippen molar-refractivity contribution < 1.29 is 18.3 Å². The molecule has 1 aliphatic rings. The number of aryl methyl sites for hydroxylation is 1. The van der Waals surface area contributed by atoms with Gasteiger partial charge in [-0.2, -0.15) is 0 Å². The van der Waals surface area contributed by atoms with E-state index in [1.54, 1.807) is 13.3 Å². The molecule has 1 aromatic carbocycles. The number of nitrogens with zero attached hydrogens (tertiary/aromatic N) is 3. The number of carbonyl (C=O) groups is 1. The van der Waals surface area contributed by atoms with E-state index in [0.29, 0.717) is 18.0 Å². The molecule has 1 fully saturated rings. The van der Waals surface area contributed by atoms with Crippen molar-refractivity contribution in [3.63, 3.8) is 0 Å². The van der Waals surface area contributed by atoms with Gasteiger partial charge in [-0.15, -0.1) is 10.2 Å². The van der Waals surface area contributed by atoms with Gasteiger partial charge in [-0.05, 0) is 37.5 Å². The SMILES string of the molecule is Cc1ccc(S(=O)(=O)NCCn2cnnc2C2CC2)cc1C(=O)O. The van der Waals surface area contributed by atoms with E-state index in [2.05, 4.69) is 14.9 Å². The molecule has 0 bridgehead atoms. The van der Waals surface area contributed by atoms with Gasteiger partial charge in [-0.1, -0.05) is 6.07 Å². The predicted molar refractivity (Wildman–Crippen MR) is 85.3 cm³/mol. The second-order valence-corrected chi connectivity index (χ2v) is 7.60. The molecule has 0 atom stereocenters. The van der Waals surface area contributed by atoms with Gasteiger partial charge in [0.1, 0.15) is 12.2 Å². The van der Waals surface area contributed by atoms with Crippen LogP contribution in [-0.2, 0) is 16.6 Å². The number of benzene rings is 1. The maximum absolute atomic E-state index is 12.3. The third-order valence-corrected chi connectivity index (χ3v) is 5.44. The summed E-state index contributed by atoms with van der Waals surface area (Å²) < 4.78 is 29.0. The van der Waals surface area contributed by atoms with Crippen molar-refractivity contribution in [2.75, 3.05) is 6.54 Å². The first-order chi connectivity index (χ1) is 11.4. The van der Waals surface area contributed by atoms with Gasteiger partial charge >= 0.3 is 5.97 Å². The van der Waals surface area contributed by atoms with Gasteiger partial charge in [0.15, 0.2) is 0 Å². The molecule has 0 radical (unpaired) electrons. The standard InChI is InChI=1S/C15H18N4O4S/c1-10-2-5-12(8-13(10)15(20)21)24(22,23)17-6-7-19-9-16-18-14(19)11-3-4-11/h2,5,8-9,11,17H,3-4,6-7H2,1H3,(H,20,21). The molecular weight excluding hydrogens is 332 g/mol. The average Bonchev–Trinajstić information content (AvgIpc) is 3.26. The molecule has 128 valence electrons. The lowest BCUT2D eigenvalue weighted by molar-refractivity contribution is 0.0696. The minimum Gasteiger partial charge on any atom is -0.478 e. The summed E-state index contributed by atoms with van der Waals surface area (Å²) in [5, 5.41) is 17.0. The molecular formula is C15H18N4O4S. The van der Waals surface area contributed by atoms with E-state index in [-0.39, 0.29) is 17.0 Å². The molecule has 1 aromatic heterocycles. The smallest absolute Gasteiger partial charge is 0.335 e. The third-order valence-electron chi connectivity index (χ3n) is 3.98. The Balaban J connectivity index is 1.69. The number of carboxylic acid groups (broad SMARTS) is 1. The van der Waals surface area contributed by atoms with Crippen LogP contribution in [0.1, 0.15) is 40.5 Å². The molecule has 2 aromatic rings. The largest absolute Gasteiger partial charge is 0.478 e. The van der Waals surface area contributed by atoms with Crippen molar-refractivity contribution in [3.8, 4) is 0 Å². The number of sulfonamides is 1. The van der Waals surface area contributed by atoms with Crippen molar-refractivity contribution in [1.82, 2.24) is 19.5 Å². The van der Waals surface area contributed by atoms with Gasteiger partial charge in [0, 0.05) is 19.0 Å². The lowest BCUT2D eigenvalue weighted by Gasteiger charge is -2.10. The summed E-state index contributed by atoms with van der Waals surface area (Å²) in [5.74, 6) is 0.167. The molecule has 1 aliphatic carbocycles. The Morgan fingerprint density at radius 1 is 1.42 bits per heavy atom. The van der Waals surface area contributed by atoms with Crippen LogP contribution in [0.3, 0.4) is 0 Å². The first-order valence-corrected chi connectivity index (χ1v) is 9.08. The highest BCUT2D eigenvalue weighted by Crippen LogP contribution is 2.38. The number of carboxylic acids is 1. The molecule has 0 spiro atoms. The lowest BCUT2D eigenvalue weighted by atomic mass is 10.1. The second kappa shape index (κ2) is 6.33. The van der Waals surface area contributed by atoms with Gasteiger partial charge in [0.25, 0.3) is 0 Å². The molecule has 8 nitrogen and oxygen atoms in total. The molecule has 0 aliphatic heterocycles. The van der Waals surface area contributed by atoms with Crippen molar-refractivity contribution in [1.29, 1.82) is 0 Å². The van der Waals surface area contributed by atoms with E-state index in [0.717, 1.165) is 18.7 Å². The van der Waals surface area contributed by atoms with Gasteiger partial charge in [-0.25, -0.2) is 17.9 Å². The minimum absolute atomic E-state index is 0.0206. The molecule has 1 saturated carbocycles. The fraction of sp³-hybridized carbons (Fsp3) is 0.400. The van der Waals surface area contributed by atoms with Gasteiger partial charge in [-0.3, -0.25) is 0 Å². The summed E-state index contributed by atoms with van der Waals surface area (Å²) in [6, 6.07) is 4.07. The number of hydrogen-bond acceptors (Lipinski definition) is 5. The Kier molecular flexibility index (Phi) is 4.37. The van der Waals surface area contributed by atoms with Crippen LogP contribution in [0.25, 0.3) is 0 Å². The summed E-state index contributed by atoms with van der Waals surface area (Å²) in [7, 11) is -3.77. The third kappa shape index (κ3) is 3.46. The molecule has 0 unspecified atom stereocenters. The maximum Gasteiger partial charge on any atom is 0.335 e. The van der Waals surface area contributed by atoms with E-state index in [1.807, 2.05) is 4.57 Å². The van der Waals surface area contributed by atoms with Crippen molar-refractivity contribution in [2.24, 2.45) is 0 Å². The Morgan fingerprint density at radius 2 is 2.17 bits per heavy atom. The summed E-state index contributed by atoms with van der Waals surface area (Å²) >= 11 is 0. The van der Waals surface area contributed by atoms with Crippen LogP contribution in [0.2, 0.25) is 0 Å². The minimum atomic E-state index is -3.77. The Morgan fingerprint density at radius 3 is 2.83 bits per heavy atom. The first-order valence-electron chi connectivity index (χ1n) is 7.60. The Labute approximate surface area is 139 Å². The number of nitrogens with one attached hydrogen (secondary N) is 1. The molecule has 3 rings (SSSR count). The van der Waals surface area contributed by atoms with Gasteiger partial charge < -0.3 is 9.67 Å². The van der Waals surface area contributed by atoms with Gasteiger partial charge in [0.05, 0.1) is 10.5 Å². The van der Waals surface area contributed by atoms with Crippen LogP contribution < -0.4 is 4.72 Å². The summed E-state index contributed by atoms with van der Waals surface area (Å²) in [6.07, 6.45) is 3.77. The van der Waals surface area contributed by atoms with Crippen LogP contribution in [-0.4, -0.2) is 40.8 Å². The number of aromatic carboxylic acids is 1. The highest BCUT2D eigenvalue weighted by atomic mass is 32.2. The predicted octanol–water partition coefficient (Wildman–Crippen LogP) is 1.14. The number of rotatable bonds is 7. The zero-order valence-corrected chi connectivity index (χ0v) is 14.0. The number of hydrogen-bond donors (Lipinski definition) is 2. The van der Waals surface area contributed by atoms with E-state index in [1.165, 1.54) is 18.2 Å².